The molecule has 0 saturated heterocycles. The van der Waals surface area contributed by atoms with Gasteiger partial charge in [0.1, 0.15) is 5.75 Å². The lowest BCUT2D eigenvalue weighted by atomic mass is 10.2. The smallest absolute Gasteiger partial charge is 0.274 e. The summed E-state index contributed by atoms with van der Waals surface area (Å²) in [6.45, 7) is 2.58. The van der Waals surface area contributed by atoms with Crippen LogP contribution >= 0.6 is 11.3 Å². The van der Waals surface area contributed by atoms with Gasteiger partial charge in [-0.05, 0) is 24.4 Å². The van der Waals surface area contributed by atoms with Crippen molar-refractivity contribution in [3.05, 3.63) is 53.0 Å². The lowest BCUT2D eigenvalue weighted by molar-refractivity contribution is 0.0941. The summed E-state index contributed by atoms with van der Waals surface area (Å²) in [6.07, 6.45) is 0. The Kier molecular flexibility index (Phi) is 5.33. The van der Waals surface area contributed by atoms with Crippen LogP contribution in [0.2, 0.25) is 0 Å². The predicted octanol–water partition coefficient (Wildman–Crippen LogP) is 2.95. The van der Waals surface area contributed by atoms with Gasteiger partial charge in [-0.25, -0.2) is 4.98 Å². The summed E-state index contributed by atoms with van der Waals surface area (Å²) in [5, 5.41) is 24.3. The summed E-state index contributed by atoms with van der Waals surface area (Å²) in [6, 6.07) is 10.9. The maximum atomic E-state index is 12.5. The highest BCUT2D eigenvalue weighted by atomic mass is 32.1. The van der Waals surface area contributed by atoms with Crippen LogP contribution in [0.1, 0.15) is 23.0 Å². The van der Waals surface area contributed by atoms with E-state index in [-0.39, 0.29) is 18.1 Å². The van der Waals surface area contributed by atoms with Crippen LogP contribution in [0.25, 0.3) is 10.7 Å². The average Bonchev–Trinajstić information content (AvgIpc) is 3.18. The number of carbonyl (C=O) groups is 1. The molecule has 8 heteroatoms. The number of aromatic nitrogens is 2. The van der Waals surface area contributed by atoms with Crippen molar-refractivity contribution in [1.29, 1.82) is 0 Å². The molecule has 0 fully saturated rings. The number of aromatic hydroxyl groups is 2. The van der Waals surface area contributed by atoms with Gasteiger partial charge in [-0.3, -0.25) is 4.79 Å². The Hall–Kier alpha value is -3.13. The Bertz CT molecular complexity index is 913. The summed E-state index contributed by atoms with van der Waals surface area (Å²) in [5.74, 6) is -1.06. The van der Waals surface area contributed by atoms with Gasteiger partial charge < -0.3 is 20.3 Å². The highest BCUT2D eigenvalue weighted by molar-refractivity contribution is 7.13. The van der Waals surface area contributed by atoms with Crippen LogP contribution < -0.4 is 10.1 Å². The van der Waals surface area contributed by atoms with E-state index in [0.717, 1.165) is 5.56 Å². The Labute approximate surface area is 153 Å². The number of nitrogens with zero attached hydrogens (tertiary/aromatic N) is 2. The van der Waals surface area contributed by atoms with E-state index >= 15 is 0 Å². The third kappa shape index (κ3) is 3.75. The molecular formula is C18H17N3O4S. The maximum absolute atomic E-state index is 12.5. The minimum Gasteiger partial charge on any atom is -0.501 e. The zero-order valence-corrected chi connectivity index (χ0v) is 14.8. The molecule has 0 radical (unpaired) electrons. The van der Waals surface area contributed by atoms with Gasteiger partial charge in [0.05, 0.1) is 11.5 Å². The number of amides is 1. The normalized spacial score (nSPS) is 10.5. The van der Waals surface area contributed by atoms with E-state index in [1.54, 1.807) is 12.1 Å². The topological polar surface area (TPSA) is 105 Å². The van der Waals surface area contributed by atoms with Crippen LogP contribution in [-0.4, -0.2) is 32.7 Å². The molecule has 3 N–H and O–H groups in total. The minimum atomic E-state index is -0.652. The van der Waals surface area contributed by atoms with Gasteiger partial charge in [-0.15, -0.1) is 11.3 Å². The lowest BCUT2D eigenvalue weighted by Crippen LogP contribution is -2.24. The quantitative estimate of drug-likeness (QED) is 0.615. The first kappa shape index (κ1) is 17.7. The van der Waals surface area contributed by atoms with E-state index in [9.17, 15) is 15.0 Å². The van der Waals surface area contributed by atoms with Crippen LogP contribution in [0.15, 0.2) is 41.8 Å². The van der Waals surface area contributed by atoms with Crippen molar-refractivity contribution in [1.82, 2.24) is 15.3 Å². The number of hydrogen-bond donors (Lipinski definition) is 3. The number of carbonyl (C=O) groups excluding carboxylic acids is 1. The van der Waals surface area contributed by atoms with E-state index in [1.807, 2.05) is 36.6 Å². The Balaban J connectivity index is 1.82. The molecule has 0 atom stereocenters. The molecule has 26 heavy (non-hydrogen) atoms. The number of nitrogens with one attached hydrogen (secondary N) is 1. The van der Waals surface area contributed by atoms with Crippen LogP contribution in [0.5, 0.6) is 17.4 Å². The van der Waals surface area contributed by atoms with Gasteiger partial charge in [0.25, 0.3) is 11.8 Å². The highest BCUT2D eigenvalue weighted by Gasteiger charge is 2.20. The van der Waals surface area contributed by atoms with Gasteiger partial charge in [-0.2, -0.15) is 4.98 Å². The van der Waals surface area contributed by atoms with Crippen molar-refractivity contribution in [2.45, 2.75) is 13.5 Å². The third-order valence-electron chi connectivity index (χ3n) is 3.53. The first-order valence-corrected chi connectivity index (χ1v) is 8.80. The van der Waals surface area contributed by atoms with Crippen molar-refractivity contribution < 1.29 is 19.7 Å². The van der Waals surface area contributed by atoms with E-state index in [4.69, 9.17) is 4.74 Å². The molecule has 3 rings (SSSR count). The summed E-state index contributed by atoms with van der Waals surface area (Å²) < 4.78 is 5.52. The second-order valence-electron chi connectivity index (χ2n) is 5.27. The van der Waals surface area contributed by atoms with Gasteiger partial charge >= 0.3 is 0 Å². The second-order valence-corrected chi connectivity index (χ2v) is 6.22. The molecule has 0 unspecified atom stereocenters. The number of hydrogen-bond acceptors (Lipinski definition) is 7. The van der Waals surface area contributed by atoms with Crippen molar-refractivity contribution in [2.75, 3.05) is 6.61 Å². The molecule has 0 spiro atoms. The monoisotopic (exact) mass is 371 g/mol. The molecule has 2 heterocycles. The molecule has 2 aromatic heterocycles. The van der Waals surface area contributed by atoms with Crippen LogP contribution in [0.3, 0.4) is 0 Å². The molecule has 134 valence electrons. The molecule has 0 aliphatic heterocycles. The zero-order chi connectivity index (χ0) is 18.5. The largest absolute Gasteiger partial charge is 0.501 e. The number of benzene rings is 1. The molecular weight excluding hydrogens is 354 g/mol. The van der Waals surface area contributed by atoms with Gasteiger partial charge in [0, 0.05) is 12.1 Å². The molecule has 1 amide bonds. The van der Waals surface area contributed by atoms with Crippen molar-refractivity contribution >= 4 is 17.2 Å². The number of para-hydroxylation sites is 1. The summed E-state index contributed by atoms with van der Waals surface area (Å²) >= 11 is 1.36. The van der Waals surface area contributed by atoms with Crippen LogP contribution in [0.4, 0.5) is 0 Å². The highest BCUT2D eigenvalue weighted by Crippen LogP contribution is 2.30. The fraction of sp³-hybridized carbons (Fsp3) is 0.167. The molecule has 3 aromatic rings. The summed E-state index contributed by atoms with van der Waals surface area (Å²) in [7, 11) is 0. The number of rotatable bonds is 6. The molecule has 0 aliphatic carbocycles. The summed E-state index contributed by atoms with van der Waals surface area (Å²) in [4.78, 5) is 21.1. The van der Waals surface area contributed by atoms with Crippen LogP contribution in [0, 0.1) is 0 Å². The van der Waals surface area contributed by atoms with E-state index in [0.29, 0.717) is 17.2 Å². The first-order valence-electron chi connectivity index (χ1n) is 7.93. The van der Waals surface area contributed by atoms with Crippen molar-refractivity contribution in [3.8, 4) is 28.1 Å². The molecule has 0 bridgehead atoms. The van der Waals surface area contributed by atoms with E-state index in [1.165, 1.54) is 11.3 Å². The van der Waals surface area contributed by atoms with Crippen LogP contribution in [-0.2, 0) is 6.54 Å². The Morgan fingerprint density at radius 3 is 2.73 bits per heavy atom. The molecule has 1 aromatic carbocycles. The second kappa shape index (κ2) is 7.83. The standard InChI is InChI=1S/C18H17N3O4S/c1-2-25-12-7-4-3-6-11(12)10-19-17(23)14-15(22)18(24)21-16(20-14)13-8-5-9-26-13/h3-9,22H,2,10H2,1H3,(H,19,23)(H,20,21,24). The fourth-order valence-electron chi connectivity index (χ4n) is 2.32. The SMILES string of the molecule is CCOc1ccccc1CNC(=O)c1nc(-c2cccs2)nc(O)c1O. The Morgan fingerprint density at radius 2 is 2.00 bits per heavy atom. The Morgan fingerprint density at radius 1 is 1.19 bits per heavy atom. The number of thiophene rings is 1. The molecule has 7 nitrogen and oxygen atoms in total. The first-order chi connectivity index (χ1) is 12.6. The van der Waals surface area contributed by atoms with Crippen molar-refractivity contribution in [3.63, 3.8) is 0 Å². The third-order valence-corrected chi connectivity index (χ3v) is 4.40. The van der Waals surface area contributed by atoms with E-state index < -0.39 is 17.5 Å². The number of ether oxygens (including phenoxy) is 1. The van der Waals surface area contributed by atoms with Crippen molar-refractivity contribution in [2.24, 2.45) is 0 Å². The average molecular weight is 371 g/mol. The molecule has 0 saturated carbocycles. The zero-order valence-electron chi connectivity index (χ0n) is 14.0. The predicted molar refractivity (Wildman–Crippen MR) is 97.5 cm³/mol. The summed E-state index contributed by atoms with van der Waals surface area (Å²) in [5.41, 5.74) is 0.508. The molecule has 0 aliphatic rings. The van der Waals surface area contributed by atoms with Gasteiger partial charge in [-0.1, -0.05) is 24.3 Å². The lowest BCUT2D eigenvalue weighted by Gasteiger charge is -2.11. The van der Waals surface area contributed by atoms with Gasteiger partial charge in [0.2, 0.25) is 5.75 Å². The fourth-order valence-corrected chi connectivity index (χ4v) is 2.98. The minimum absolute atomic E-state index is 0.176. The van der Waals surface area contributed by atoms with Gasteiger partial charge in [0.15, 0.2) is 11.5 Å². The maximum Gasteiger partial charge on any atom is 0.274 e. The van der Waals surface area contributed by atoms with E-state index in [2.05, 4.69) is 15.3 Å².